The fourth-order valence-electron chi connectivity index (χ4n) is 2.49. The van der Waals surface area contributed by atoms with Crippen LogP contribution in [0.5, 0.6) is 0 Å². The number of rotatable bonds is 2. The van der Waals surface area contributed by atoms with Crippen LogP contribution in [0.1, 0.15) is 39.5 Å². The van der Waals surface area contributed by atoms with Crippen LogP contribution in [0, 0.1) is 11.8 Å². The van der Waals surface area contributed by atoms with Gasteiger partial charge in [0.05, 0.1) is 17.1 Å². The van der Waals surface area contributed by atoms with Gasteiger partial charge in [0.15, 0.2) is 0 Å². The first-order chi connectivity index (χ1) is 7.65. The standard InChI is InChI=1S/C6H10O3.C6H12O2/c1-6(9)2-4(3-6)5(7)8;1-6(8)2-5(3-6)4-7/h4,9H,2-3H2,1H3,(H,7,8);5,7-8H,2-4H2,1H3. The van der Waals surface area contributed by atoms with Crippen LogP contribution >= 0.6 is 0 Å². The van der Waals surface area contributed by atoms with Gasteiger partial charge in [-0.2, -0.15) is 0 Å². The van der Waals surface area contributed by atoms with Gasteiger partial charge in [-0.05, 0) is 45.4 Å². The number of hydrogen-bond donors (Lipinski definition) is 4. The van der Waals surface area contributed by atoms with Gasteiger partial charge >= 0.3 is 5.97 Å². The highest BCUT2D eigenvalue weighted by Gasteiger charge is 2.42. The number of aliphatic carboxylic acids is 1. The Kier molecular flexibility index (Phi) is 4.17. The molecule has 0 spiro atoms. The summed E-state index contributed by atoms with van der Waals surface area (Å²) < 4.78 is 0. The summed E-state index contributed by atoms with van der Waals surface area (Å²) in [6.45, 7) is 3.70. The maximum atomic E-state index is 10.2. The lowest BCUT2D eigenvalue weighted by atomic mass is 9.72. The Balaban J connectivity index is 0.000000171. The zero-order valence-electron chi connectivity index (χ0n) is 10.4. The molecule has 0 saturated heterocycles. The van der Waals surface area contributed by atoms with Crippen molar-refractivity contribution in [3.05, 3.63) is 0 Å². The van der Waals surface area contributed by atoms with Crippen molar-refractivity contribution in [1.29, 1.82) is 0 Å². The van der Waals surface area contributed by atoms with Gasteiger partial charge in [0.2, 0.25) is 0 Å². The molecule has 4 N–H and O–H groups in total. The van der Waals surface area contributed by atoms with E-state index in [9.17, 15) is 4.79 Å². The molecule has 0 radical (unpaired) electrons. The largest absolute Gasteiger partial charge is 0.481 e. The maximum Gasteiger partial charge on any atom is 0.306 e. The first-order valence-corrected chi connectivity index (χ1v) is 5.94. The molecular formula is C12H22O5. The van der Waals surface area contributed by atoms with Crippen LogP contribution in [0.15, 0.2) is 0 Å². The van der Waals surface area contributed by atoms with E-state index in [0.29, 0.717) is 18.8 Å². The summed E-state index contributed by atoms with van der Waals surface area (Å²) >= 11 is 0. The Labute approximate surface area is 101 Å². The maximum absolute atomic E-state index is 10.2. The predicted octanol–water partition coefficient (Wildman–Crippen LogP) is 0.372. The second kappa shape index (κ2) is 4.92. The molecule has 2 aliphatic carbocycles. The fraction of sp³-hybridized carbons (Fsp3) is 0.917. The molecule has 100 valence electrons. The average Bonchev–Trinajstić information content (AvgIpc) is 2.10. The highest BCUT2D eigenvalue weighted by atomic mass is 16.4. The number of aliphatic hydroxyl groups excluding tert-OH is 1. The van der Waals surface area contributed by atoms with Gasteiger partial charge in [0, 0.05) is 6.61 Å². The molecule has 2 rings (SSSR count). The molecule has 0 amide bonds. The molecule has 5 heteroatoms. The summed E-state index contributed by atoms with van der Waals surface area (Å²) in [7, 11) is 0. The Morgan fingerprint density at radius 2 is 1.53 bits per heavy atom. The van der Waals surface area contributed by atoms with Crippen molar-refractivity contribution >= 4 is 5.97 Å². The molecule has 0 aromatic heterocycles. The fourth-order valence-corrected chi connectivity index (χ4v) is 2.49. The van der Waals surface area contributed by atoms with E-state index in [4.69, 9.17) is 20.4 Å². The van der Waals surface area contributed by atoms with Crippen LogP contribution in [0.25, 0.3) is 0 Å². The summed E-state index contributed by atoms with van der Waals surface area (Å²) in [5, 5.41) is 35.0. The van der Waals surface area contributed by atoms with Crippen molar-refractivity contribution in [3.8, 4) is 0 Å². The molecule has 2 saturated carbocycles. The molecular weight excluding hydrogens is 224 g/mol. The molecule has 0 bridgehead atoms. The molecule has 0 aliphatic heterocycles. The highest BCUT2D eigenvalue weighted by molar-refractivity contribution is 5.71. The molecule has 0 unspecified atom stereocenters. The third-order valence-corrected chi connectivity index (χ3v) is 3.44. The van der Waals surface area contributed by atoms with Crippen LogP contribution in [-0.4, -0.2) is 44.2 Å². The summed E-state index contributed by atoms with van der Waals surface area (Å²) in [4.78, 5) is 10.2. The number of hydrogen-bond acceptors (Lipinski definition) is 4. The van der Waals surface area contributed by atoms with Crippen LogP contribution in [0.4, 0.5) is 0 Å². The Hall–Kier alpha value is -0.650. The van der Waals surface area contributed by atoms with Crippen molar-refractivity contribution in [2.45, 2.75) is 50.7 Å². The minimum Gasteiger partial charge on any atom is -0.481 e. The van der Waals surface area contributed by atoms with Crippen LogP contribution < -0.4 is 0 Å². The van der Waals surface area contributed by atoms with E-state index in [1.807, 2.05) is 0 Å². The lowest BCUT2D eigenvalue weighted by Crippen LogP contribution is -2.44. The van der Waals surface area contributed by atoms with Crippen molar-refractivity contribution in [1.82, 2.24) is 0 Å². The smallest absolute Gasteiger partial charge is 0.306 e. The summed E-state index contributed by atoms with van der Waals surface area (Å²) in [5.41, 5.74) is -1.17. The number of carboxylic acids is 1. The first-order valence-electron chi connectivity index (χ1n) is 5.94. The Bertz CT molecular complexity index is 269. The van der Waals surface area contributed by atoms with E-state index in [1.54, 1.807) is 13.8 Å². The highest BCUT2D eigenvalue weighted by Crippen LogP contribution is 2.37. The van der Waals surface area contributed by atoms with E-state index in [0.717, 1.165) is 12.8 Å². The second-order valence-electron chi connectivity index (χ2n) is 5.89. The quantitative estimate of drug-likeness (QED) is 0.564. The van der Waals surface area contributed by atoms with E-state index < -0.39 is 17.2 Å². The molecule has 5 nitrogen and oxygen atoms in total. The number of aliphatic hydroxyl groups is 3. The van der Waals surface area contributed by atoms with E-state index in [1.165, 1.54) is 0 Å². The van der Waals surface area contributed by atoms with E-state index >= 15 is 0 Å². The zero-order valence-corrected chi connectivity index (χ0v) is 10.4. The van der Waals surface area contributed by atoms with Crippen LogP contribution in [-0.2, 0) is 4.79 Å². The first kappa shape index (κ1) is 14.4. The van der Waals surface area contributed by atoms with Crippen molar-refractivity contribution in [2.24, 2.45) is 11.8 Å². The van der Waals surface area contributed by atoms with Gasteiger partial charge in [0.1, 0.15) is 0 Å². The second-order valence-corrected chi connectivity index (χ2v) is 5.89. The summed E-state index contributed by atoms with van der Waals surface area (Å²) in [6.07, 6.45) is 2.34. The molecule has 0 aromatic carbocycles. The number of carbonyl (C=O) groups is 1. The normalized spacial score (nSPS) is 43.8. The Morgan fingerprint density at radius 3 is 1.65 bits per heavy atom. The predicted molar refractivity (Wildman–Crippen MR) is 61.4 cm³/mol. The van der Waals surface area contributed by atoms with Crippen molar-refractivity contribution in [3.63, 3.8) is 0 Å². The molecule has 17 heavy (non-hydrogen) atoms. The third kappa shape index (κ3) is 4.26. The van der Waals surface area contributed by atoms with Gasteiger partial charge in [-0.3, -0.25) is 4.79 Å². The zero-order chi connectivity index (χ0) is 13.3. The topological polar surface area (TPSA) is 98.0 Å². The lowest BCUT2D eigenvalue weighted by molar-refractivity contribution is -0.156. The molecule has 2 fully saturated rings. The van der Waals surface area contributed by atoms with Crippen molar-refractivity contribution < 1.29 is 25.2 Å². The van der Waals surface area contributed by atoms with Crippen molar-refractivity contribution in [2.75, 3.05) is 6.61 Å². The summed E-state index contributed by atoms with van der Waals surface area (Å²) in [6, 6.07) is 0. The van der Waals surface area contributed by atoms with Gasteiger partial charge in [-0.15, -0.1) is 0 Å². The monoisotopic (exact) mass is 246 g/mol. The molecule has 0 aromatic rings. The SMILES string of the molecule is CC1(O)CC(C(=O)O)C1.CC1(O)CC(CO)C1. The van der Waals surface area contributed by atoms with E-state index in [-0.39, 0.29) is 12.5 Å². The lowest BCUT2D eigenvalue weighted by Gasteiger charge is -2.39. The van der Waals surface area contributed by atoms with E-state index in [2.05, 4.69) is 0 Å². The molecule has 0 heterocycles. The summed E-state index contributed by atoms with van der Waals surface area (Å²) in [5.74, 6) is -0.730. The van der Waals surface area contributed by atoms with Gasteiger partial charge < -0.3 is 20.4 Å². The number of carboxylic acid groups (broad SMARTS) is 1. The van der Waals surface area contributed by atoms with Crippen LogP contribution in [0.2, 0.25) is 0 Å². The average molecular weight is 246 g/mol. The molecule has 2 aliphatic rings. The Morgan fingerprint density at radius 1 is 1.12 bits per heavy atom. The van der Waals surface area contributed by atoms with Gasteiger partial charge in [0.25, 0.3) is 0 Å². The minimum atomic E-state index is -0.790. The van der Waals surface area contributed by atoms with Gasteiger partial charge in [-0.1, -0.05) is 0 Å². The van der Waals surface area contributed by atoms with Gasteiger partial charge in [-0.25, -0.2) is 0 Å². The minimum absolute atomic E-state index is 0.232. The van der Waals surface area contributed by atoms with Crippen LogP contribution in [0.3, 0.4) is 0 Å². The third-order valence-electron chi connectivity index (χ3n) is 3.44. The molecule has 0 atom stereocenters.